The van der Waals surface area contributed by atoms with Gasteiger partial charge in [0.2, 0.25) is 0 Å². The first-order chi connectivity index (χ1) is 12.2. The fourth-order valence-electron chi connectivity index (χ4n) is 2.54. The summed E-state index contributed by atoms with van der Waals surface area (Å²) >= 11 is 0. The van der Waals surface area contributed by atoms with Crippen LogP contribution in [0.3, 0.4) is 0 Å². The highest BCUT2D eigenvalue weighted by Gasteiger charge is 2.11. The van der Waals surface area contributed by atoms with Gasteiger partial charge in [0.25, 0.3) is 0 Å². The molecule has 2 rings (SSSR count). The predicted octanol–water partition coefficient (Wildman–Crippen LogP) is 3.00. The van der Waals surface area contributed by atoms with Gasteiger partial charge in [0.15, 0.2) is 0 Å². The molecular formula is C21H26N2O2. The fraction of sp³-hybridized carbons (Fsp3) is 0.333. The van der Waals surface area contributed by atoms with Crippen LogP contribution >= 0.6 is 0 Å². The minimum absolute atomic E-state index is 0.365. The molecule has 0 fully saturated rings. The first-order valence-corrected chi connectivity index (χ1v) is 8.87. The molecule has 2 N–H and O–H groups in total. The van der Waals surface area contributed by atoms with Crippen LogP contribution in [0.2, 0.25) is 0 Å². The third-order valence-electron chi connectivity index (χ3n) is 4.11. The Morgan fingerprint density at radius 3 is 2.08 bits per heavy atom. The SMILES string of the molecule is CCc1ccc(CNC(=O)C(=O)NCCCCc2ccccc2)cc1. The molecule has 0 aromatic heterocycles. The summed E-state index contributed by atoms with van der Waals surface area (Å²) in [5.41, 5.74) is 3.53. The van der Waals surface area contributed by atoms with Crippen molar-refractivity contribution >= 4 is 11.8 Å². The van der Waals surface area contributed by atoms with Gasteiger partial charge in [-0.25, -0.2) is 0 Å². The lowest BCUT2D eigenvalue weighted by Crippen LogP contribution is -2.39. The quantitative estimate of drug-likeness (QED) is 0.574. The fourth-order valence-corrected chi connectivity index (χ4v) is 2.54. The summed E-state index contributed by atoms with van der Waals surface area (Å²) in [5, 5.41) is 5.32. The van der Waals surface area contributed by atoms with E-state index in [1.807, 2.05) is 42.5 Å². The highest BCUT2D eigenvalue weighted by molar-refractivity contribution is 6.35. The van der Waals surface area contributed by atoms with E-state index in [2.05, 4.69) is 29.7 Å². The number of carbonyl (C=O) groups is 2. The predicted molar refractivity (Wildman–Crippen MR) is 100 cm³/mol. The van der Waals surface area contributed by atoms with E-state index in [1.54, 1.807) is 0 Å². The monoisotopic (exact) mass is 338 g/mol. The summed E-state index contributed by atoms with van der Waals surface area (Å²) in [5.74, 6) is -1.15. The average Bonchev–Trinajstić information content (AvgIpc) is 2.66. The molecule has 2 amide bonds. The Morgan fingerprint density at radius 2 is 1.40 bits per heavy atom. The number of carbonyl (C=O) groups excluding carboxylic acids is 2. The van der Waals surface area contributed by atoms with Crippen LogP contribution in [0.25, 0.3) is 0 Å². The second kappa shape index (κ2) is 10.3. The van der Waals surface area contributed by atoms with E-state index < -0.39 is 11.8 Å². The molecule has 0 saturated heterocycles. The van der Waals surface area contributed by atoms with Crippen molar-refractivity contribution in [2.75, 3.05) is 6.54 Å². The van der Waals surface area contributed by atoms with Gasteiger partial charge < -0.3 is 10.6 Å². The molecule has 2 aromatic carbocycles. The van der Waals surface area contributed by atoms with Gasteiger partial charge in [-0.3, -0.25) is 9.59 Å². The Balaban J connectivity index is 1.60. The van der Waals surface area contributed by atoms with Crippen molar-refractivity contribution in [2.24, 2.45) is 0 Å². The molecule has 0 saturated carbocycles. The minimum Gasteiger partial charge on any atom is -0.348 e. The topological polar surface area (TPSA) is 58.2 Å². The van der Waals surface area contributed by atoms with Crippen molar-refractivity contribution < 1.29 is 9.59 Å². The number of nitrogens with one attached hydrogen (secondary N) is 2. The molecule has 25 heavy (non-hydrogen) atoms. The van der Waals surface area contributed by atoms with E-state index >= 15 is 0 Å². The summed E-state index contributed by atoms with van der Waals surface area (Å²) in [6.45, 7) is 2.98. The van der Waals surface area contributed by atoms with E-state index in [4.69, 9.17) is 0 Å². The van der Waals surface area contributed by atoms with Gasteiger partial charge in [-0.2, -0.15) is 0 Å². The van der Waals surface area contributed by atoms with Crippen molar-refractivity contribution in [1.82, 2.24) is 10.6 Å². The minimum atomic E-state index is -0.581. The zero-order chi connectivity index (χ0) is 17.9. The summed E-state index contributed by atoms with van der Waals surface area (Å²) in [6.07, 6.45) is 3.80. The molecule has 0 radical (unpaired) electrons. The molecule has 0 aliphatic carbocycles. The van der Waals surface area contributed by atoms with Crippen LogP contribution in [0.15, 0.2) is 54.6 Å². The Hall–Kier alpha value is -2.62. The van der Waals surface area contributed by atoms with Gasteiger partial charge in [0, 0.05) is 13.1 Å². The molecule has 0 aliphatic heterocycles. The zero-order valence-electron chi connectivity index (χ0n) is 14.8. The van der Waals surface area contributed by atoms with Crippen LogP contribution in [0.1, 0.15) is 36.5 Å². The third kappa shape index (κ3) is 6.79. The summed E-state index contributed by atoms with van der Waals surface area (Å²) in [7, 11) is 0. The van der Waals surface area contributed by atoms with E-state index in [0.717, 1.165) is 31.2 Å². The van der Waals surface area contributed by atoms with Gasteiger partial charge in [0.1, 0.15) is 0 Å². The molecule has 0 atom stereocenters. The Kier molecular flexibility index (Phi) is 7.70. The number of hydrogen-bond donors (Lipinski definition) is 2. The van der Waals surface area contributed by atoms with E-state index in [1.165, 1.54) is 11.1 Å². The highest BCUT2D eigenvalue weighted by atomic mass is 16.2. The first-order valence-electron chi connectivity index (χ1n) is 8.87. The van der Waals surface area contributed by atoms with Crippen molar-refractivity contribution in [3.63, 3.8) is 0 Å². The maximum absolute atomic E-state index is 11.8. The Labute approximate surface area is 149 Å². The van der Waals surface area contributed by atoms with Crippen molar-refractivity contribution in [3.05, 3.63) is 71.3 Å². The van der Waals surface area contributed by atoms with Gasteiger partial charge >= 0.3 is 11.8 Å². The average molecular weight is 338 g/mol. The lowest BCUT2D eigenvalue weighted by atomic mass is 10.1. The third-order valence-corrected chi connectivity index (χ3v) is 4.11. The number of hydrogen-bond acceptors (Lipinski definition) is 2. The number of amides is 2. The number of unbranched alkanes of at least 4 members (excludes halogenated alkanes) is 1. The normalized spacial score (nSPS) is 10.3. The van der Waals surface area contributed by atoms with Crippen LogP contribution in [-0.2, 0) is 29.0 Å². The van der Waals surface area contributed by atoms with Crippen LogP contribution < -0.4 is 10.6 Å². The molecule has 0 heterocycles. The summed E-state index contributed by atoms with van der Waals surface area (Å²) in [6, 6.07) is 18.3. The van der Waals surface area contributed by atoms with Crippen LogP contribution in [0, 0.1) is 0 Å². The molecule has 0 spiro atoms. The first kappa shape index (κ1) is 18.7. The van der Waals surface area contributed by atoms with Gasteiger partial charge in [-0.1, -0.05) is 61.5 Å². The molecule has 4 nitrogen and oxygen atoms in total. The van der Waals surface area contributed by atoms with Crippen LogP contribution in [0.4, 0.5) is 0 Å². The van der Waals surface area contributed by atoms with Gasteiger partial charge in [0.05, 0.1) is 0 Å². The maximum Gasteiger partial charge on any atom is 0.309 e. The molecule has 0 unspecified atom stereocenters. The second-order valence-electron chi connectivity index (χ2n) is 6.05. The lowest BCUT2D eigenvalue weighted by molar-refractivity contribution is -0.139. The van der Waals surface area contributed by atoms with Gasteiger partial charge in [-0.15, -0.1) is 0 Å². The van der Waals surface area contributed by atoms with Crippen LogP contribution in [-0.4, -0.2) is 18.4 Å². The van der Waals surface area contributed by atoms with E-state index in [-0.39, 0.29) is 0 Å². The largest absolute Gasteiger partial charge is 0.348 e. The van der Waals surface area contributed by atoms with Gasteiger partial charge in [-0.05, 0) is 42.4 Å². The summed E-state index contributed by atoms with van der Waals surface area (Å²) in [4.78, 5) is 23.6. The number of benzene rings is 2. The van der Waals surface area contributed by atoms with E-state index in [9.17, 15) is 9.59 Å². The van der Waals surface area contributed by atoms with E-state index in [0.29, 0.717) is 13.1 Å². The molecule has 2 aromatic rings. The molecule has 0 aliphatic rings. The highest BCUT2D eigenvalue weighted by Crippen LogP contribution is 2.05. The molecule has 132 valence electrons. The zero-order valence-corrected chi connectivity index (χ0v) is 14.8. The lowest BCUT2D eigenvalue weighted by Gasteiger charge is -2.07. The Bertz CT molecular complexity index is 666. The molecular weight excluding hydrogens is 312 g/mol. The molecule has 4 heteroatoms. The smallest absolute Gasteiger partial charge is 0.309 e. The van der Waals surface area contributed by atoms with Crippen LogP contribution in [0.5, 0.6) is 0 Å². The van der Waals surface area contributed by atoms with Crippen molar-refractivity contribution in [2.45, 2.75) is 39.2 Å². The summed E-state index contributed by atoms with van der Waals surface area (Å²) < 4.78 is 0. The molecule has 0 bridgehead atoms. The number of aryl methyl sites for hydroxylation is 2. The van der Waals surface area contributed by atoms with Crippen molar-refractivity contribution in [3.8, 4) is 0 Å². The van der Waals surface area contributed by atoms with Crippen molar-refractivity contribution in [1.29, 1.82) is 0 Å². The maximum atomic E-state index is 11.8. The second-order valence-corrected chi connectivity index (χ2v) is 6.05. The standard InChI is InChI=1S/C21H26N2O2/c1-2-17-11-13-19(14-12-17)16-23-21(25)20(24)22-15-7-6-10-18-8-4-3-5-9-18/h3-5,8-9,11-14H,2,6-7,10,15-16H2,1H3,(H,22,24)(H,23,25). The Morgan fingerprint density at radius 1 is 0.760 bits per heavy atom. The number of rotatable bonds is 8.